The molecular formula is C17H26. The molecule has 2 atom stereocenters. The SMILES string of the molecule is CCc1cccc(CC2CCCC(CC)C2)c1. The van der Waals surface area contributed by atoms with Gasteiger partial charge < -0.3 is 0 Å². The molecule has 0 aliphatic heterocycles. The minimum absolute atomic E-state index is 0.945. The summed E-state index contributed by atoms with van der Waals surface area (Å²) in [6.45, 7) is 4.59. The molecule has 0 heterocycles. The second-order valence-corrected chi connectivity index (χ2v) is 5.68. The summed E-state index contributed by atoms with van der Waals surface area (Å²) in [5.41, 5.74) is 3.05. The molecule has 0 radical (unpaired) electrons. The summed E-state index contributed by atoms with van der Waals surface area (Å²) in [6.07, 6.45) is 9.70. The summed E-state index contributed by atoms with van der Waals surface area (Å²) in [4.78, 5) is 0. The van der Waals surface area contributed by atoms with Crippen molar-refractivity contribution in [2.75, 3.05) is 0 Å². The third-order valence-corrected chi connectivity index (χ3v) is 4.39. The monoisotopic (exact) mass is 230 g/mol. The van der Waals surface area contributed by atoms with Gasteiger partial charge in [0.05, 0.1) is 0 Å². The van der Waals surface area contributed by atoms with Crippen molar-refractivity contribution >= 4 is 0 Å². The fourth-order valence-corrected chi connectivity index (χ4v) is 3.27. The first kappa shape index (κ1) is 12.7. The predicted molar refractivity (Wildman–Crippen MR) is 75.3 cm³/mol. The van der Waals surface area contributed by atoms with E-state index >= 15 is 0 Å². The Balaban J connectivity index is 1.95. The van der Waals surface area contributed by atoms with E-state index in [0.29, 0.717) is 0 Å². The first-order valence-corrected chi connectivity index (χ1v) is 7.39. The van der Waals surface area contributed by atoms with E-state index in [4.69, 9.17) is 0 Å². The van der Waals surface area contributed by atoms with Crippen molar-refractivity contribution in [1.82, 2.24) is 0 Å². The van der Waals surface area contributed by atoms with Gasteiger partial charge >= 0.3 is 0 Å². The van der Waals surface area contributed by atoms with Crippen molar-refractivity contribution in [3.63, 3.8) is 0 Å². The largest absolute Gasteiger partial charge is 0.0651 e. The van der Waals surface area contributed by atoms with Gasteiger partial charge in [0, 0.05) is 0 Å². The molecule has 1 aliphatic carbocycles. The van der Waals surface area contributed by atoms with Gasteiger partial charge in [-0.05, 0) is 42.2 Å². The highest BCUT2D eigenvalue weighted by Crippen LogP contribution is 2.33. The van der Waals surface area contributed by atoms with Crippen LogP contribution in [0.2, 0.25) is 0 Å². The molecule has 17 heavy (non-hydrogen) atoms. The van der Waals surface area contributed by atoms with Gasteiger partial charge in [-0.25, -0.2) is 0 Å². The van der Waals surface area contributed by atoms with Crippen LogP contribution < -0.4 is 0 Å². The van der Waals surface area contributed by atoms with E-state index in [1.807, 2.05) is 0 Å². The summed E-state index contributed by atoms with van der Waals surface area (Å²) in [6, 6.07) is 9.21. The molecular weight excluding hydrogens is 204 g/mol. The molecule has 2 rings (SSSR count). The Kier molecular flexibility index (Phi) is 4.65. The van der Waals surface area contributed by atoms with E-state index in [0.717, 1.165) is 18.3 Å². The summed E-state index contributed by atoms with van der Waals surface area (Å²) in [5.74, 6) is 1.95. The van der Waals surface area contributed by atoms with Gasteiger partial charge in [-0.15, -0.1) is 0 Å². The van der Waals surface area contributed by atoms with Crippen LogP contribution in [0.15, 0.2) is 24.3 Å². The minimum Gasteiger partial charge on any atom is -0.0651 e. The smallest absolute Gasteiger partial charge is 0.0250 e. The van der Waals surface area contributed by atoms with E-state index < -0.39 is 0 Å². The Morgan fingerprint density at radius 2 is 1.82 bits per heavy atom. The molecule has 0 spiro atoms. The van der Waals surface area contributed by atoms with Crippen molar-refractivity contribution in [3.05, 3.63) is 35.4 Å². The van der Waals surface area contributed by atoms with Gasteiger partial charge in [0.15, 0.2) is 0 Å². The van der Waals surface area contributed by atoms with Crippen LogP contribution in [0, 0.1) is 11.8 Å². The molecule has 1 aromatic carbocycles. The normalized spacial score (nSPS) is 24.8. The van der Waals surface area contributed by atoms with Crippen LogP contribution in [0.25, 0.3) is 0 Å². The standard InChI is InChI=1S/C17H26/c1-3-14-7-5-9-16(11-14)13-17-10-6-8-15(4-2)12-17/h5,7,9,11,15,17H,3-4,6,8,10,12-13H2,1-2H3. The lowest BCUT2D eigenvalue weighted by atomic mass is 9.77. The van der Waals surface area contributed by atoms with E-state index in [-0.39, 0.29) is 0 Å². The van der Waals surface area contributed by atoms with Crippen LogP contribution in [0.3, 0.4) is 0 Å². The predicted octanol–water partition coefficient (Wildman–Crippen LogP) is 5.01. The van der Waals surface area contributed by atoms with Crippen LogP contribution in [0.4, 0.5) is 0 Å². The molecule has 1 saturated carbocycles. The van der Waals surface area contributed by atoms with Crippen LogP contribution in [-0.2, 0) is 12.8 Å². The molecule has 0 amide bonds. The second kappa shape index (κ2) is 6.23. The molecule has 1 aromatic rings. The maximum atomic E-state index is 2.41. The van der Waals surface area contributed by atoms with Crippen molar-refractivity contribution in [2.45, 2.75) is 58.8 Å². The fourth-order valence-electron chi connectivity index (χ4n) is 3.27. The molecule has 0 nitrogen and oxygen atoms in total. The zero-order valence-corrected chi connectivity index (χ0v) is 11.4. The van der Waals surface area contributed by atoms with Crippen LogP contribution in [-0.4, -0.2) is 0 Å². The van der Waals surface area contributed by atoms with E-state index in [9.17, 15) is 0 Å². The Hall–Kier alpha value is -0.780. The van der Waals surface area contributed by atoms with Crippen molar-refractivity contribution in [3.8, 4) is 0 Å². The Labute approximate surface area is 106 Å². The van der Waals surface area contributed by atoms with E-state index in [2.05, 4.69) is 38.1 Å². The molecule has 1 aliphatic rings. The van der Waals surface area contributed by atoms with Gasteiger partial charge in [0.25, 0.3) is 0 Å². The molecule has 0 aromatic heterocycles. The van der Waals surface area contributed by atoms with Crippen molar-refractivity contribution < 1.29 is 0 Å². The second-order valence-electron chi connectivity index (χ2n) is 5.68. The quantitative estimate of drug-likeness (QED) is 0.682. The number of hydrogen-bond donors (Lipinski definition) is 0. The summed E-state index contributed by atoms with van der Waals surface area (Å²) >= 11 is 0. The highest BCUT2D eigenvalue weighted by atomic mass is 14.3. The number of aryl methyl sites for hydroxylation is 1. The summed E-state index contributed by atoms with van der Waals surface area (Å²) in [5, 5.41) is 0. The van der Waals surface area contributed by atoms with Gasteiger partial charge in [0.2, 0.25) is 0 Å². The topological polar surface area (TPSA) is 0 Å². The third-order valence-electron chi connectivity index (χ3n) is 4.39. The van der Waals surface area contributed by atoms with Crippen LogP contribution >= 0.6 is 0 Å². The first-order valence-electron chi connectivity index (χ1n) is 7.39. The van der Waals surface area contributed by atoms with Crippen molar-refractivity contribution in [1.29, 1.82) is 0 Å². The Morgan fingerprint density at radius 1 is 1.06 bits per heavy atom. The van der Waals surface area contributed by atoms with Gasteiger partial charge in [-0.3, -0.25) is 0 Å². The summed E-state index contributed by atoms with van der Waals surface area (Å²) in [7, 11) is 0. The zero-order valence-electron chi connectivity index (χ0n) is 11.4. The summed E-state index contributed by atoms with van der Waals surface area (Å²) < 4.78 is 0. The molecule has 0 saturated heterocycles. The maximum absolute atomic E-state index is 2.41. The Bertz CT molecular complexity index is 340. The molecule has 94 valence electrons. The number of hydrogen-bond acceptors (Lipinski definition) is 0. The van der Waals surface area contributed by atoms with E-state index in [1.165, 1.54) is 44.1 Å². The van der Waals surface area contributed by atoms with Crippen LogP contribution in [0.1, 0.15) is 57.1 Å². The lowest BCUT2D eigenvalue weighted by molar-refractivity contribution is 0.259. The highest BCUT2D eigenvalue weighted by molar-refractivity contribution is 5.23. The average Bonchev–Trinajstić information content (AvgIpc) is 2.39. The maximum Gasteiger partial charge on any atom is -0.0250 e. The lowest BCUT2D eigenvalue weighted by Crippen LogP contribution is -2.16. The van der Waals surface area contributed by atoms with Gasteiger partial charge in [-0.1, -0.05) is 63.8 Å². The molecule has 0 N–H and O–H groups in total. The van der Waals surface area contributed by atoms with Gasteiger partial charge in [-0.2, -0.15) is 0 Å². The molecule has 2 unspecified atom stereocenters. The fraction of sp³-hybridized carbons (Fsp3) is 0.647. The molecule has 0 heteroatoms. The zero-order chi connectivity index (χ0) is 12.1. The number of benzene rings is 1. The first-order chi connectivity index (χ1) is 8.31. The van der Waals surface area contributed by atoms with Crippen molar-refractivity contribution in [2.24, 2.45) is 11.8 Å². The average molecular weight is 230 g/mol. The van der Waals surface area contributed by atoms with E-state index in [1.54, 1.807) is 5.56 Å². The number of rotatable bonds is 4. The molecule has 1 fully saturated rings. The Morgan fingerprint density at radius 3 is 2.59 bits per heavy atom. The highest BCUT2D eigenvalue weighted by Gasteiger charge is 2.20. The van der Waals surface area contributed by atoms with Crippen LogP contribution in [0.5, 0.6) is 0 Å². The minimum atomic E-state index is 0.945. The lowest BCUT2D eigenvalue weighted by Gasteiger charge is -2.28. The van der Waals surface area contributed by atoms with Gasteiger partial charge in [0.1, 0.15) is 0 Å². The third kappa shape index (κ3) is 3.59. The molecule has 0 bridgehead atoms.